The van der Waals surface area contributed by atoms with Gasteiger partial charge in [-0.25, -0.2) is 0 Å². The van der Waals surface area contributed by atoms with Crippen molar-refractivity contribution in [3.63, 3.8) is 0 Å². The van der Waals surface area contributed by atoms with Crippen LogP contribution >= 0.6 is 39.9 Å². The van der Waals surface area contributed by atoms with E-state index in [-0.39, 0.29) is 24.0 Å². The highest BCUT2D eigenvalue weighted by Gasteiger charge is 2.23. The van der Waals surface area contributed by atoms with Gasteiger partial charge in [-0.2, -0.15) is 0 Å². The second-order valence-corrected chi connectivity index (χ2v) is 6.88. The zero-order valence-electron chi connectivity index (χ0n) is 14.3. The van der Waals surface area contributed by atoms with Crippen molar-refractivity contribution in [2.45, 2.75) is 19.0 Å². The number of hydrogen-bond donors (Lipinski definition) is 2. The van der Waals surface area contributed by atoms with Crippen LogP contribution in [0, 0.1) is 0 Å². The van der Waals surface area contributed by atoms with Gasteiger partial charge in [0.25, 0.3) is 0 Å². The number of aliphatic imine (C=N–C) groups is 1. The third-order valence-corrected chi connectivity index (χ3v) is 4.72. The average molecular weight is 515 g/mol. The van der Waals surface area contributed by atoms with Crippen LogP contribution in [0.3, 0.4) is 0 Å². The SMILES string of the molecule is CN=C(NCc1cccc(Br)c1)NC1CCN(c2ccccc2)C1.I. The van der Waals surface area contributed by atoms with Crippen LogP contribution in [0.15, 0.2) is 64.1 Å². The molecular weight excluding hydrogens is 491 g/mol. The Balaban J connectivity index is 0.00000225. The fourth-order valence-corrected chi connectivity index (χ4v) is 3.42. The predicted octanol–water partition coefficient (Wildman–Crippen LogP) is 4.01. The van der Waals surface area contributed by atoms with E-state index in [0.29, 0.717) is 6.04 Å². The number of nitrogens with one attached hydrogen (secondary N) is 2. The maximum atomic E-state index is 4.35. The third kappa shape index (κ3) is 5.88. The van der Waals surface area contributed by atoms with Gasteiger partial charge in [-0.3, -0.25) is 4.99 Å². The molecule has 0 bridgehead atoms. The molecule has 2 aromatic carbocycles. The number of guanidine groups is 1. The zero-order chi connectivity index (χ0) is 16.8. The van der Waals surface area contributed by atoms with E-state index in [1.54, 1.807) is 0 Å². The summed E-state index contributed by atoms with van der Waals surface area (Å²) >= 11 is 3.51. The van der Waals surface area contributed by atoms with Gasteiger partial charge in [-0.05, 0) is 36.2 Å². The number of benzene rings is 2. The lowest BCUT2D eigenvalue weighted by Gasteiger charge is -2.20. The predicted molar refractivity (Wildman–Crippen MR) is 120 cm³/mol. The number of hydrogen-bond acceptors (Lipinski definition) is 2. The molecule has 25 heavy (non-hydrogen) atoms. The van der Waals surface area contributed by atoms with E-state index in [0.717, 1.165) is 36.5 Å². The minimum atomic E-state index is 0. The van der Waals surface area contributed by atoms with Crippen LogP contribution in [0.1, 0.15) is 12.0 Å². The van der Waals surface area contributed by atoms with E-state index in [2.05, 4.69) is 78.9 Å². The Morgan fingerprint density at radius 3 is 2.72 bits per heavy atom. The molecule has 0 aliphatic carbocycles. The smallest absolute Gasteiger partial charge is 0.191 e. The molecule has 0 radical (unpaired) electrons. The highest BCUT2D eigenvalue weighted by molar-refractivity contribution is 14.0. The van der Waals surface area contributed by atoms with Gasteiger partial charge < -0.3 is 15.5 Å². The molecule has 3 rings (SSSR count). The normalized spacial score (nSPS) is 17.1. The Bertz CT molecular complexity index is 693. The van der Waals surface area contributed by atoms with Crippen LogP contribution in [0.4, 0.5) is 5.69 Å². The first kappa shape index (κ1) is 20.0. The summed E-state index contributed by atoms with van der Waals surface area (Å²) in [6.07, 6.45) is 1.12. The number of anilines is 1. The molecule has 2 aromatic rings. The lowest BCUT2D eigenvalue weighted by atomic mass is 10.2. The van der Waals surface area contributed by atoms with Crippen LogP contribution in [0.2, 0.25) is 0 Å². The van der Waals surface area contributed by atoms with Crippen molar-refractivity contribution in [1.29, 1.82) is 0 Å². The van der Waals surface area contributed by atoms with Gasteiger partial charge in [0, 0.05) is 42.9 Å². The number of para-hydroxylation sites is 1. The maximum absolute atomic E-state index is 4.35. The monoisotopic (exact) mass is 514 g/mol. The summed E-state index contributed by atoms with van der Waals surface area (Å²) in [5, 5.41) is 6.93. The Labute approximate surface area is 175 Å². The molecular formula is C19H24BrIN4. The van der Waals surface area contributed by atoms with Gasteiger partial charge in [0.2, 0.25) is 0 Å². The van der Waals surface area contributed by atoms with Crippen LogP contribution < -0.4 is 15.5 Å². The van der Waals surface area contributed by atoms with Crippen molar-refractivity contribution in [2.24, 2.45) is 4.99 Å². The second kappa shape index (κ2) is 10.0. The first-order valence-electron chi connectivity index (χ1n) is 8.26. The Kier molecular flexibility index (Phi) is 8.02. The second-order valence-electron chi connectivity index (χ2n) is 5.97. The van der Waals surface area contributed by atoms with Gasteiger partial charge in [0.05, 0.1) is 0 Å². The maximum Gasteiger partial charge on any atom is 0.191 e. The molecule has 1 heterocycles. The summed E-state index contributed by atoms with van der Waals surface area (Å²) < 4.78 is 1.10. The molecule has 2 N–H and O–H groups in total. The lowest BCUT2D eigenvalue weighted by Crippen LogP contribution is -2.44. The third-order valence-electron chi connectivity index (χ3n) is 4.22. The standard InChI is InChI=1S/C19H23BrN4.HI/c1-21-19(22-13-15-6-5-7-16(20)12-15)23-17-10-11-24(14-17)18-8-3-2-4-9-18;/h2-9,12,17H,10-11,13-14H2,1H3,(H2,21,22,23);1H. The molecule has 1 atom stereocenters. The number of rotatable bonds is 4. The van der Waals surface area contributed by atoms with Crippen molar-refractivity contribution < 1.29 is 0 Å². The molecule has 6 heteroatoms. The summed E-state index contributed by atoms with van der Waals surface area (Å²) in [7, 11) is 1.82. The summed E-state index contributed by atoms with van der Waals surface area (Å²) in [6.45, 7) is 2.83. The summed E-state index contributed by atoms with van der Waals surface area (Å²) in [5.41, 5.74) is 2.52. The molecule has 1 aliphatic rings. The molecule has 1 aliphatic heterocycles. The van der Waals surface area contributed by atoms with Crippen LogP contribution in [0.5, 0.6) is 0 Å². The Morgan fingerprint density at radius 1 is 1.20 bits per heavy atom. The number of halogens is 2. The van der Waals surface area contributed by atoms with Crippen LogP contribution in [0.25, 0.3) is 0 Å². The molecule has 1 fully saturated rings. The minimum Gasteiger partial charge on any atom is -0.369 e. The molecule has 4 nitrogen and oxygen atoms in total. The molecule has 134 valence electrons. The average Bonchev–Trinajstić information content (AvgIpc) is 3.08. The van der Waals surface area contributed by atoms with E-state index in [4.69, 9.17) is 0 Å². The summed E-state index contributed by atoms with van der Waals surface area (Å²) in [4.78, 5) is 6.77. The fraction of sp³-hybridized carbons (Fsp3) is 0.316. The van der Waals surface area contributed by atoms with Crippen molar-refractivity contribution in [1.82, 2.24) is 10.6 Å². The van der Waals surface area contributed by atoms with E-state index < -0.39 is 0 Å². The summed E-state index contributed by atoms with van der Waals surface area (Å²) in [6, 6.07) is 19.3. The fourth-order valence-electron chi connectivity index (χ4n) is 2.97. The highest BCUT2D eigenvalue weighted by Crippen LogP contribution is 2.19. The van der Waals surface area contributed by atoms with Crippen molar-refractivity contribution >= 4 is 51.6 Å². The van der Waals surface area contributed by atoms with E-state index >= 15 is 0 Å². The van der Waals surface area contributed by atoms with E-state index in [1.807, 2.05) is 19.2 Å². The van der Waals surface area contributed by atoms with E-state index in [1.165, 1.54) is 11.3 Å². The van der Waals surface area contributed by atoms with Gasteiger partial charge >= 0.3 is 0 Å². The van der Waals surface area contributed by atoms with Gasteiger partial charge in [0.15, 0.2) is 5.96 Å². The van der Waals surface area contributed by atoms with E-state index in [9.17, 15) is 0 Å². The van der Waals surface area contributed by atoms with Crippen LogP contribution in [-0.4, -0.2) is 32.1 Å². The van der Waals surface area contributed by atoms with Gasteiger partial charge in [-0.1, -0.05) is 46.3 Å². The van der Waals surface area contributed by atoms with Crippen LogP contribution in [-0.2, 0) is 6.54 Å². The number of nitrogens with zero attached hydrogens (tertiary/aromatic N) is 2. The Hall–Kier alpha value is -1.28. The lowest BCUT2D eigenvalue weighted by molar-refractivity contribution is 0.648. The van der Waals surface area contributed by atoms with Gasteiger partial charge in [0.1, 0.15) is 0 Å². The largest absolute Gasteiger partial charge is 0.369 e. The first-order chi connectivity index (χ1) is 11.7. The van der Waals surface area contributed by atoms with Gasteiger partial charge in [-0.15, -0.1) is 24.0 Å². The van der Waals surface area contributed by atoms with Crippen molar-refractivity contribution in [2.75, 3.05) is 25.0 Å². The Morgan fingerprint density at radius 2 is 2.00 bits per heavy atom. The molecule has 1 unspecified atom stereocenters. The zero-order valence-corrected chi connectivity index (χ0v) is 18.2. The summed E-state index contributed by atoms with van der Waals surface area (Å²) in [5.74, 6) is 0.856. The quantitative estimate of drug-likeness (QED) is 0.368. The molecule has 0 amide bonds. The minimum absolute atomic E-state index is 0. The molecule has 1 saturated heterocycles. The highest BCUT2D eigenvalue weighted by atomic mass is 127. The van der Waals surface area contributed by atoms with Crippen molar-refractivity contribution in [3.05, 3.63) is 64.6 Å². The molecule has 0 saturated carbocycles. The molecule has 0 aromatic heterocycles. The molecule has 0 spiro atoms. The topological polar surface area (TPSA) is 39.7 Å². The first-order valence-corrected chi connectivity index (χ1v) is 9.05. The van der Waals surface area contributed by atoms with Crippen molar-refractivity contribution in [3.8, 4) is 0 Å².